The van der Waals surface area contributed by atoms with Gasteiger partial charge in [-0.05, 0) is 25.8 Å². The van der Waals surface area contributed by atoms with E-state index in [4.69, 9.17) is 0 Å². The first kappa shape index (κ1) is 9.79. The molecular formula is C13H15. The molecule has 1 aromatic carbocycles. The summed E-state index contributed by atoms with van der Waals surface area (Å²) in [5, 5.41) is 0. The zero-order valence-corrected chi connectivity index (χ0v) is 8.03. The molecule has 0 heterocycles. The predicted octanol–water partition coefficient (Wildman–Crippen LogP) is 3.79. The van der Waals surface area contributed by atoms with Gasteiger partial charge in [-0.3, -0.25) is 0 Å². The van der Waals surface area contributed by atoms with Crippen LogP contribution in [0.1, 0.15) is 17.5 Å². The minimum atomic E-state index is 0.845. The van der Waals surface area contributed by atoms with Gasteiger partial charge in [0.15, 0.2) is 0 Å². The van der Waals surface area contributed by atoms with Gasteiger partial charge in [-0.2, -0.15) is 0 Å². The van der Waals surface area contributed by atoms with Gasteiger partial charge < -0.3 is 0 Å². The highest BCUT2D eigenvalue weighted by atomic mass is 13.9. The van der Waals surface area contributed by atoms with Crippen molar-refractivity contribution in [3.63, 3.8) is 0 Å². The molecule has 13 heavy (non-hydrogen) atoms. The molecule has 0 nitrogen and oxygen atoms in total. The van der Waals surface area contributed by atoms with Crippen molar-refractivity contribution in [3.05, 3.63) is 60.5 Å². The number of rotatable bonds is 3. The van der Waals surface area contributed by atoms with E-state index in [1.54, 1.807) is 0 Å². The molecule has 1 rings (SSSR count). The van der Waals surface area contributed by atoms with Gasteiger partial charge >= 0.3 is 0 Å². The van der Waals surface area contributed by atoms with E-state index in [2.05, 4.69) is 44.2 Å². The second kappa shape index (κ2) is 5.36. The van der Waals surface area contributed by atoms with E-state index in [-0.39, 0.29) is 0 Å². The second-order valence-electron chi connectivity index (χ2n) is 2.99. The molecule has 67 valence electrons. The van der Waals surface area contributed by atoms with Crippen LogP contribution < -0.4 is 0 Å². The van der Waals surface area contributed by atoms with Gasteiger partial charge in [0.2, 0.25) is 0 Å². The van der Waals surface area contributed by atoms with Crippen molar-refractivity contribution >= 4 is 6.08 Å². The second-order valence-corrected chi connectivity index (χ2v) is 2.99. The maximum atomic E-state index is 3.72. The van der Waals surface area contributed by atoms with E-state index in [9.17, 15) is 0 Å². The minimum absolute atomic E-state index is 0.845. The average molecular weight is 171 g/mol. The fourth-order valence-electron chi connectivity index (χ4n) is 1.02. The summed E-state index contributed by atoms with van der Waals surface area (Å²) in [6, 6.07) is 8.46. The summed E-state index contributed by atoms with van der Waals surface area (Å²) in [6.07, 6.45) is 9.03. The molecule has 0 heteroatoms. The van der Waals surface area contributed by atoms with Crippen LogP contribution in [-0.2, 0) is 0 Å². The van der Waals surface area contributed by atoms with Crippen molar-refractivity contribution < 1.29 is 0 Å². The number of benzene rings is 1. The molecule has 0 aromatic heterocycles. The van der Waals surface area contributed by atoms with Gasteiger partial charge in [0, 0.05) is 0 Å². The summed E-state index contributed by atoms with van der Waals surface area (Å²) < 4.78 is 0. The summed E-state index contributed by atoms with van der Waals surface area (Å²) in [4.78, 5) is 0. The fourth-order valence-corrected chi connectivity index (χ4v) is 1.02. The van der Waals surface area contributed by atoms with E-state index in [1.165, 1.54) is 11.1 Å². The highest BCUT2D eigenvalue weighted by Gasteiger charge is 1.83. The van der Waals surface area contributed by atoms with Crippen LogP contribution in [0, 0.1) is 13.8 Å². The van der Waals surface area contributed by atoms with Gasteiger partial charge in [-0.1, -0.05) is 54.1 Å². The van der Waals surface area contributed by atoms with Crippen LogP contribution in [0.3, 0.4) is 0 Å². The Morgan fingerprint density at radius 1 is 1.15 bits per heavy atom. The quantitative estimate of drug-likeness (QED) is 0.607. The average Bonchev–Trinajstić information content (AvgIpc) is 2.15. The lowest BCUT2D eigenvalue weighted by Crippen LogP contribution is -1.72. The highest BCUT2D eigenvalue weighted by Crippen LogP contribution is 2.04. The Bertz CT molecular complexity index is 288. The summed E-state index contributed by atoms with van der Waals surface area (Å²) in [5.41, 5.74) is 2.53. The van der Waals surface area contributed by atoms with Gasteiger partial charge in [-0.15, -0.1) is 0 Å². The molecule has 0 unspecified atom stereocenters. The van der Waals surface area contributed by atoms with Crippen molar-refractivity contribution in [3.8, 4) is 0 Å². The van der Waals surface area contributed by atoms with Crippen LogP contribution in [0.5, 0.6) is 0 Å². The molecule has 0 saturated heterocycles. The molecule has 0 aliphatic rings. The number of hydrogen-bond acceptors (Lipinski definition) is 0. The highest BCUT2D eigenvalue weighted by molar-refractivity contribution is 5.51. The van der Waals surface area contributed by atoms with E-state index >= 15 is 0 Å². The molecule has 0 aliphatic heterocycles. The summed E-state index contributed by atoms with van der Waals surface area (Å²) in [6.45, 7) is 5.81. The van der Waals surface area contributed by atoms with Crippen LogP contribution >= 0.6 is 0 Å². The Morgan fingerprint density at radius 3 is 2.46 bits per heavy atom. The summed E-state index contributed by atoms with van der Waals surface area (Å²) in [5.74, 6) is 0. The van der Waals surface area contributed by atoms with Crippen LogP contribution in [0.2, 0.25) is 0 Å². The summed E-state index contributed by atoms with van der Waals surface area (Å²) >= 11 is 0. The van der Waals surface area contributed by atoms with Gasteiger partial charge in [0.1, 0.15) is 0 Å². The first-order valence-corrected chi connectivity index (χ1v) is 4.52. The Hall–Kier alpha value is -1.30. The SMILES string of the molecule is [CH2]CC=CC=Cc1ccc(C)cc1. The molecule has 0 atom stereocenters. The molecule has 0 N–H and O–H groups in total. The van der Waals surface area contributed by atoms with E-state index in [0.29, 0.717) is 0 Å². The van der Waals surface area contributed by atoms with Crippen molar-refractivity contribution in [2.75, 3.05) is 0 Å². The van der Waals surface area contributed by atoms with E-state index < -0.39 is 0 Å². The monoisotopic (exact) mass is 171 g/mol. The Morgan fingerprint density at radius 2 is 1.85 bits per heavy atom. The lowest BCUT2D eigenvalue weighted by Gasteiger charge is -1.92. The molecule has 0 amide bonds. The minimum Gasteiger partial charge on any atom is -0.0845 e. The van der Waals surface area contributed by atoms with Crippen LogP contribution in [-0.4, -0.2) is 0 Å². The van der Waals surface area contributed by atoms with Crippen LogP contribution in [0.4, 0.5) is 0 Å². The first-order chi connectivity index (χ1) is 6.33. The van der Waals surface area contributed by atoms with Crippen molar-refractivity contribution in [2.24, 2.45) is 0 Å². The largest absolute Gasteiger partial charge is 0.0845 e. The van der Waals surface area contributed by atoms with Gasteiger partial charge in [0.05, 0.1) is 0 Å². The van der Waals surface area contributed by atoms with Gasteiger partial charge in [0.25, 0.3) is 0 Å². The lowest BCUT2D eigenvalue weighted by atomic mass is 10.1. The van der Waals surface area contributed by atoms with Crippen molar-refractivity contribution in [2.45, 2.75) is 13.3 Å². The Labute approximate surface area is 80.6 Å². The van der Waals surface area contributed by atoms with E-state index in [1.807, 2.05) is 18.2 Å². The van der Waals surface area contributed by atoms with Crippen molar-refractivity contribution in [1.82, 2.24) is 0 Å². The maximum Gasteiger partial charge on any atom is -0.0256 e. The maximum absolute atomic E-state index is 3.72. The fraction of sp³-hybridized carbons (Fsp3) is 0.154. The third-order valence-corrected chi connectivity index (χ3v) is 1.78. The smallest absolute Gasteiger partial charge is 0.0256 e. The van der Waals surface area contributed by atoms with Crippen LogP contribution in [0.15, 0.2) is 42.5 Å². The van der Waals surface area contributed by atoms with Gasteiger partial charge in [-0.25, -0.2) is 0 Å². The molecule has 1 aromatic rings. The predicted molar refractivity (Wildman–Crippen MR) is 59.3 cm³/mol. The van der Waals surface area contributed by atoms with Crippen LogP contribution in [0.25, 0.3) is 6.08 Å². The Balaban J connectivity index is 2.59. The lowest BCUT2D eigenvalue weighted by molar-refractivity contribution is 1.40. The molecular weight excluding hydrogens is 156 g/mol. The molecule has 0 saturated carbocycles. The normalized spacial score (nSPS) is 11.5. The van der Waals surface area contributed by atoms with Crippen molar-refractivity contribution in [1.29, 1.82) is 0 Å². The van der Waals surface area contributed by atoms with E-state index in [0.717, 1.165) is 6.42 Å². The third-order valence-electron chi connectivity index (χ3n) is 1.78. The molecule has 0 bridgehead atoms. The zero-order chi connectivity index (χ0) is 9.52. The number of hydrogen-bond donors (Lipinski definition) is 0. The molecule has 0 spiro atoms. The zero-order valence-electron chi connectivity index (χ0n) is 8.03. The number of allylic oxidation sites excluding steroid dienone is 3. The topological polar surface area (TPSA) is 0 Å². The summed E-state index contributed by atoms with van der Waals surface area (Å²) in [7, 11) is 0. The molecule has 1 radical (unpaired) electrons. The standard InChI is InChI=1S/C13H15/c1-3-4-5-6-7-13-10-8-12(2)9-11-13/h4-11H,1,3H2,2H3. The number of aryl methyl sites for hydroxylation is 1. The third kappa shape index (κ3) is 3.75. The molecule has 0 aliphatic carbocycles. The Kier molecular flexibility index (Phi) is 4.04. The molecule has 0 fully saturated rings. The first-order valence-electron chi connectivity index (χ1n) is 4.52.